The van der Waals surface area contributed by atoms with E-state index in [0.717, 1.165) is 19.4 Å². The van der Waals surface area contributed by atoms with Gasteiger partial charge in [0, 0.05) is 19.7 Å². The van der Waals surface area contributed by atoms with Gasteiger partial charge in [-0.05, 0) is 19.9 Å². The summed E-state index contributed by atoms with van der Waals surface area (Å²) in [6.07, 6.45) is 2.31. The summed E-state index contributed by atoms with van der Waals surface area (Å²) in [6.45, 7) is 2.34. The minimum absolute atomic E-state index is 0.0125. The van der Waals surface area contributed by atoms with E-state index >= 15 is 0 Å². The first kappa shape index (κ1) is 12.4. The van der Waals surface area contributed by atoms with Crippen molar-refractivity contribution in [3.05, 3.63) is 0 Å². The lowest BCUT2D eigenvalue weighted by Crippen LogP contribution is -2.39. The van der Waals surface area contributed by atoms with Crippen molar-refractivity contribution < 1.29 is 14.6 Å². The molecule has 15 heavy (non-hydrogen) atoms. The Hall–Kier alpha value is -0.650. The number of aliphatic hydroxyl groups excluding tert-OH is 1. The molecular formula is C10H20N2O3. The molecule has 0 aromatic heterocycles. The standard InChI is InChI=1S/C10H20N2O3/c1-12(4-5-13)8-10(14)11-7-9-3-2-6-15-9/h9,13H,2-8H2,1H3,(H,11,14). The van der Waals surface area contributed by atoms with E-state index in [4.69, 9.17) is 9.84 Å². The maximum absolute atomic E-state index is 11.4. The van der Waals surface area contributed by atoms with Crippen LogP contribution in [0, 0.1) is 0 Å². The predicted octanol–water partition coefficient (Wildman–Crippen LogP) is -0.794. The van der Waals surface area contributed by atoms with Crippen molar-refractivity contribution in [3.63, 3.8) is 0 Å². The van der Waals surface area contributed by atoms with E-state index in [9.17, 15) is 4.79 Å². The van der Waals surface area contributed by atoms with Crippen molar-refractivity contribution in [2.45, 2.75) is 18.9 Å². The van der Waals surface area contributed by atoms with Crippen LogP contribution in [0.25, 0.3) is 0 Å². The van der Waals surface area contributed by atoms with Gasteiger partial charge in [-0.1, -0.05) is 0 Å². The fourth-order valence-electron chi connectivity index (χ4n) is 1.58. The Morgan fingerprint density at radius 2 is 2.47 bits per heavy atom. The Balaban J connectivity index is 2.07. The topological polar surface area (TPSA) is 61.8 Å². The van der Waals surface area contributed by atoms with Gasteiger partial charge in [0.25, 0.3) is 0 Å². The van der Waals surface area contributed by atoms with Crippen LogP contribution in [-0.2, 0) is 9.53 Å². The highest BCUT2D eigenvalue weighted by molar-refractivity contribution is 5.77. The van der Waals surface area contributed by atoms with E-state index in [1.54, 1.807) is 4.90 Å². The highest BCUT2D eigenvalue weighted by Gasteiger charge is 2.16. The molecule has 1 atom stereocenters. The molecule has 1 unspecified atom stereocenters. The maximum Gasteiger partial charge on any atom is 0.234 e. The average molecular weight is 216 g/mol. The van der Waals surface area contributed by atoms with Gasteiger partial charge in [0.05, 0.1) is 19.3 Å². The summed E-state index contributed by atoms with van der Waals surface area (Å²) >= 11 is 0. The zero-order valence-corrected chi connectivity index (χ0v) is 9.24. The third-order valence-corrected chi connectivity index (χ3v) is 2.45. The van der Waals surface area contributed by atoms with Gasteiger partial charge in [-0.15, -0.1) is 0 Å². The Bertz CT molecular complexity index is 193. The number of likely N-dealkylation sites (N-methyl/N-ethyl adjacent to an activating group) is 1. The van der Waals surface area contributed by atoms with Crippen LogP contribution in [0.5, 0.6) is 0 Å². The molecule has 1 amide bonds. The van der Waals surface area contributed by atoms with Gasteiger partial charge in [-0.25, -0.2) is 0 Å². The number of hydrogen-bond acceptors (Lipinski definition) is 4. The van der Waals surface area contributed by atoms with Crippen molar-refractivity contribution >= 4 is 5.91 Å². The quantitative estimate of drug-likeness (QED) is 0.610. The first-order chi connectivity index (χ1) is 7.22. The maximum atomic E-state index is 11.4. The van der Waals surface area contributed by atoms with Crippen LogP contribution < -0.4 is 5.32 Å². The lowest BCUT2D eigenvalue weighted by Gasteiger charge is -2.16. The van der Waals surface area contributed by atoms with Crippen LogP contribution in [0.2, 0.25) is 0 Å². The Morgan fingerprint density at radius 1 is 1.67 bits per heavy atom. The molecule has 0 saturated carbocycles. The molecule has 0 aromatic carbocycles. The minimum atomic E-state index is -0.0125. The summed E-state index contributed by atoms with van der Waals surface area (Å²) in [7, 11) is 1.81. The molecule has 1 fully saturated rings. The monoisotopic (exact) mass is 216 g/mol. The number of hydrogen-bond donors (Lipinski definition) is 2. The molecule has 1 saturated heterocycles. The molecule has 1 aliphatic rings. The number of nitrogens with one attached hydrogen (secondary N) is 1. The smallest absolute Gasteiger partial charge is 0.234 e. The zero-order valence-electron chi connectivity index (χ0n) is 9.24. The minimum Gasteiger partial charge on any atom is -0.395 e. The number of carbonyl (C=O) groups excluding carboxylic acids is 1. The molecule has 5 heteroatoms. The number of ether oxygens (including phenoxy) is 1. The summed E-state index contributed by atoms with van der Waals surface area (Å²) in [6, 6.07) is 0. The molecule has 5 nitrogen and oxygen atoms in total. The third-order valence-electron chi connectivity index (χ3n) is 2.45. The van der Waals surface area contributed by atoms with Gasteiger partial charge in [0.2, 0.25) is 5.91 Å². The van der Waals surface area contributed by atoms with Crippen molar-refractivity contribution in [1.82, 2.24) is 10.2 Å². The van der Waals surface area contributed by atoms with Gasteiger partial charge < -0.3 is 15.2 Å². The first-order valence-corrected chi connectivity index (χ1v) is 5.40. The Morgan fingerprint density at radius 3 is 3.07 bits per heavy atom. The number of aliphatic hydroxyl groups is 1. The first-order valence-electron chi connectivity index (χ1n) is 5.40. The van der Waals surface area contributed by atoms with E-state index in [2.05, 4.69) is 5.32 Å². The molecule has 0 aromatic rings. The van der Waals surface area contributed by atoms with E-state index < -0.39 is 0 Å². The van der Waals surface area contributed by atoms with Gasteiger partial charge in [-0.2, -0.15) is 0 Å². The molecule has 0 spiro atoms. The number of rotatable bonds is 6. The number of amides is 1. The Labute approximate surface area is 90.4 Å². The van der Waals surface area contributed by atoms with Crippen molar-refractivity contribution in [2.24, 2.45) is 0 Å². The molecule has 88 valence electrons. The fraction of sp³-hybridized carbons (Fsp3) is 0.900. The highest BCUT2D eigenvalue weighted by atomic mass is 16.5. The lowest BCUT2D eigenvalue weighted by atomic mass is 10.2. The van der Waals surface area contributed by atoms with Crippen LogP contribution >= 0.6 is 0 Å². The summed E-state index contributed by atoms with van der Waals surface area (Å²) in [5.74, 6) is -0.0125. The van der Waals surface area contributed by atoms with Crippen LogP contribution in [0.4, 0.5) is 0 Å². The second kappa shape index (κ2) is 6.76. The fourth-order valence-corrected chi connectivity index (χ4v) is 1.58. The van der Waals surface area contributed by atoms with E-state index in [1.807, 2.05) is 7.05 Å². The second-order valence-corrected chi connectivity index (χ2v) is 3.90. The van der Waals surface area contributed by atoms with Crippen LogP contribution in [0.15, 0.2) is 0 Å². The van der Waals surface area contributed by atoms with Gasteiger partial charge in [-0.3, -0.25) is 9.69 Å². The van der Waals surface area contributed by atoms with Gasteiger partial charge in [0.1, 0.15) is 0 Å². The number of carbonyl (C=O) groups is 1. The van der Waals surface area contributed by atoms with Crippen LogP contribution in [0.3, 0.4) is 0 Å². The van der Waals surface area contributed by atoms with Crippen LogP contribution in [-0.4, -0.2) is 61.9 Å². The highest BCUT2D eigenvalue weighted by Crippen LogP contribution is 2.10. The van der Waals surface area contributed by atoms with Gasteiger partial charge >= 0.3 is 0 Å². The lowest BCUT2D eigenvalue weighted by molar-refractivity contribution is -0.122. The normalized spacial score (nSPS) is 20.9. The summed E-state index contributed by atoms with van der Waals surface area (Å²) in [5, 5.41) is 11.5. The summed E-state index contributed by atoms with van der Waals surface area (Å²) in [5.41, 5.74) is 0. The molecule has 1 aliphatic heterocycles. The Kier molecular flexibility index (Phi) is 5.60. The summed E-state index contributed by atoms with van der Waals surface area (Å²) < 4.78 is 5.39. The third kappa shape index (κ3) is 5.11. The molecule has 1 heterocycles. The van der Waals surface area contributed by atoms with Crippen molar-refractivity contribution in [2.75, 3.05) is 39.9 Å². The predicted molar refractivity (Wildman–Crippen MR) is 56.6 cm³/mol. The molecular weight excluding hydrogens is 196 g/mol. The van der Waals surface area contributed by atoms with Gasteiger partial charge in [0.15, 0.2) is 0 Å². The van der Waals surface area contributed by atoms with E-state index in [-0.39, 0.29) is 18.6 Å². The largest absolute Gasteiger partial charge is 0.395 e. The van der Waals surface area contributed by atoms with Crippen molar-refractivity contribution in [1.29, 1.82) is 0 Å². The molecule has 0 bridgehead atoms. The average Bonchev–Trinajstić information content (AvgIpc) is 2.67. The number of nitrogens with zero attached hydrogens (tertiary/aromatic N) is 1. The zero-order chi connectivity index (χ0) is 11.1. The SMILES string of the molecule is CN(CCO)CC(=O)NCC1CCCO1. The van der Waals surface area contributed by atoms with Crippen LogP contribution in [0.1, 0.15) is 12.8 Å². The van der Waals surface area contributed by atoms with E-state index in [0.29, 0.717) is 19.6 Å². The van der Waals surface area contributed by atoms with E-state index in [1.165, 1.54) is 0 Å². The molecule has 2 N–H and O–H groups in total. The van der Waals surface area contributed by atoms with Crippen molar-refractivity contribution in [3.8, 4) is 0 Å². The molecule has 0 radical (unpaired) electrons. The summed E-state index contributed by atoms with van der Waals surface area (Å²) in [4.78, 5) is 13.2. The molecule has 0 aliphatic carbocycles. The molecule has 1 rings (SSSR count). The second-order valence-electron chi connectivity index (χ2n) is 3.90.